The van der Waals surface area contributed by atoms with Crippen LogP contribution < -0.4 is 4.74 Å². The Balaban J connectivity index is 1.13. The molecule has 2 amide bonds. The van der Waals surface area contributed by atoms with Gasteiger partial charge in [-0.2, -0.15) is 0 Å². The van der Waals surface area contributed by atoms with Crippen molar-refractivity contribution >= 4 is 18.1 Å². The van der Waals surface area contributed by atoms with Crippen LogP contribution in [0.1, 0.15) is 10.4 Å². The van der Waals surface area contributed by atoms with Gasteiger partial charge in [0.25, 0.3) is 11.8 Å². The maximum atomic E-state index is 11.4. The van der Waals surface area contributed by atoms with E-state index in [2.05, 4.69) is 0 Å². The van der Waals surface area contributed by atoms with Gasteiger partial charge in [0.15, 0.2) is 0 Å². The molecule has 1 aliphatic heterocycles. The molecule has 0 unspecified atom stereocenters. The van der Waals surface area contributed by atoms with Crippen molar-refractivity contribution in [1.82, 2.24) is 4.90 Å². The molecule has 308 valence electrons. The second kappa shape index (κ2) is 35.8. The fourth-order valence-corrected chi connectivity index (χ4v) is 4.19. The minimum absolute atomic E-state index is 0.235. The van der Waals surface area contributed by atoms with Gasteiger partial charge in [0.1, 0.15) is 18.6 Å². The lowest BCUT2D eigenvalue weighted by Crippen LogP contribution is -2.33. The Bertz CT molecular complexity index is 1060. The van der Waals surface area contributed by atoms with Crippen LogP contribution in [0.4, 0.5) is 0 Å². The lowest BCUT2D eigenvalue weighted by atomic mass is 10.2. The average molecular weight is 774 g/mol. The van der Waals surface area contributed by atoms with Crippen molar-refractivity contribution in [3.8, 4) is 5.75 Å². The number of aldehydes is 1. The monoisotopic (exact) mass is 773 g/mol. The van der Waals surface area contributed by atoms with Crippen molar-refractivity contribution in [3.63, 3.8) is 0 Å². The summed E-state index contributed by atoms with van der Waals surface area (Å²) in [5.41, 5.74) is 0.612. The van der Waals surface area contributed by atoms with E-state index in [1.54, 1.807) is 24.3 Å². The first kappa shape index (κ1) is 47.2. The molecule has 0 fully saturated rings. The van der Waals surface area contributed by atoms with E-state index in [-0.39, 0.29) is 25.0 Å². The molecule has 0 aliphatic carbocycles. The number of carbonyl (C=O) groups is 3. The molecule has 2 rings (SSSR count). The number of ether oxygens (including phenoxy) is 13. The van der Waals surface area contributed by atoms with Crippen LogP contribution in [0.25, 0.3) is 0 Å². The van der Waals surface area contributed by atoms with Gasteiger partial charge in [0.05, 0.1) is 165 Å². The number of amides is 2. The maximum absolute atomic E-state index is 11.4. The summed E-state index contributed by atoms with van der Waals surface area (Å²) >= 11 is 0. The van der Waals surface area contributed by atoms with E-state index in [1.807, 2.05) is 0 Å². The SMILES string of the molecule is O=Cc1ccc(OCCOCCOCCOCCOCCOCCOCCOCCOCCOCCOCCOCCOCCN2C(=O)C=CC2=O)cc1. The summed E-state index contributed by atoms with van der Waals surface area (Å²) in [6.07, 6.45) is 3.30. The molecular weight excluding hydrogens is 714 g/mol. The van der Waals surface area contributed by atoms with Crippen molar-refractivity contribution < 1.29 is 76.0 Å². The quantitative estimate of drug-likeness (QED) is 0.0523. The van der Waals surface area contributed by atoms with Crippen LogP contribution in [0.15, 0.2) is 36.4 Å². The molecule has 17 nitrogen and oxygen atoms in total. The lowest BCUT2D eigenvalue weighted by molar-refractivity contribution is -0.137. The zero-order valence-electron chi connectivity index (χ0n) is 31.4. The minimum Gasteiger partial charge on any atom is -0.491 e. The molecule has 0 bridgehead atoms. The molecule has 17 heteroatoms. The zero-order chi connectivity index (χ0) is 38.4. The molecule has 0 radical (unpaired) electrons. The van der Waals surface area contributed by atoms with E-state index in [9.17, 15) is 14.4 Å². The number of imide groups is 1. The Morgan fingerprint density at radius 2 is 0.630 bits per heavy atom. The first-order chi connectivity index (χ1) is 26.7. The van der Waals surface area contributed by atoms with Crippen molar-refractivity contribution in [3.05, 3.63) is 42.0 Å². The fraction of sp³-hybridized carbons (Fsp3) is 0.703. The van der Waals surface area contributed by atoms with E-state index >= 15 is 0 Å². The smallest absolute Gasteiger partial charge is 0.253 e. The summed E-state index contributed by atoms with van der Waals surface area (Å²) in [7, 11) is 0. The van der Waals surface area contributed by atoms with Gasteiger partial charge >= 0.3 is 0 Å². The predicted molar refractivity (Wildman–Crippen MR) is 193 cm³/mol. The molecular formula is C37H59NO16. The van der Waals surface area contributed by atoms with Gasteiger partial charge in [-0.1, -0.05) is 0 Å². The van der Waals surface area contributed by atoms with Crippen molar-refractivity contribution in [2.45, 2.75) is 0 Å². The topological polar surface area (TPSA) is 174 Å². The first-order valence-electron chi connectivity index (χ1n) is 18.3. The second-order valence-corrected chi connectivity index (χ2v) is 11.0. The largest absolute Gasteiger partial charge is 0.491 e. The average Bonchev–Trinajstić information content (AvgIpc) is 3.51. The van der Waals surface area contributed by atoms with Crippen molar-refractivity contribution in [2.24, 2.45) is 0 Å². The van der Waals surface area contributed by atoms with E-state index in [1.165, 1.54) is 12.2 Å². The zero-order valence-corrected chi connectivity index (χ0v) is 31.4. The van der Waals surface area contributed by atoms with Crippen LogP contribution in [-0.2, 0) is 66.4 Å². The Hall–Kier alpha value is -2.91. The van der Waals surface area contributed by atoms with Crippen LogP contribution in [0.2, 0.25) is 0 Å². The molecule has 1 aromatic rings. The molecule has 0 spiro atoms. The highest BCUT2D eigenvalue weighted by Crippen LogP contribution is 2.10. The molecule has 1 aromatic carbocycles. The molecule has 0 saturated heterocycles. The molecule has 0 aromatic heterocycles. The van der Waals surface area contributed by atoms with Gasteiger partial charge in [0, 0.05) is 17.7 Å². The van der Waals surface area contributed by atoms with E-state index < -0.39 is 0 Å². The predicted octanol–water partition coefficient (Wildman–Crippen LogP) is 1.00. The van der Waals surface area contributed by atoms with Crippen molar-refractivity contribution in [2.75, 3.05) is 172 Å². The highest BCUT2D eigenvalue weighted by molar-refractivity contribution is 6.12. The van der Waals surface area contributed by atoms with Crippen LogP contribution in [0.5, 0.6) is 5.75 Å². The summed E-state index contributed by atoms with van der Waals surface area (Å²) in [4.78, 5) is 34.6. The molecule has 0 atom stereocenters. The number of rotatable bonds is 41. The summed E-state index contributed by atoms with van der Waals surface area (Å²) in [5.74, 6) is 0.0768. The Labute approximate surface area is 318 Å². The minimum atomic E-state index is -0.310. The lowest BCUT2D eigenvalue weighted by Gasteiger charge is -2.13. The number of nitrogens with zero attached hydrogens (tertiary/aromatic N) is 1. The van der Waals surface area contributed by atoms with Gasteiger partial charge in [-0.05, 0) is 24.3 Å². The van der Waals surface area contributed by atoms with E-state index in [4.69, 9.17) is 61.6 Å². The molecule has 0 N–H and O–H groups in total. The summed E-state index contributed by atoms with van der Waals surface area (Å²) in [6.45, 7) is 11.6. The molecule has 1 aliphatic rings. The van der Waals surface area contributed by atoms with Crippen molar-refractivity contribution in [1.29, 1.82) is 0 Å². The number of hydrogen-bond donors (Lipinski definition) is 0. The molecule has 54 heavy (non-hydrogen) atoms. The standard InChI is InChI=1S/C37H59NO16/c39-33-34-1-3-35(4-2-34)54-32-31-53-30-29-52-28-27-51-26-25-50-24-23-49-22-21-48-20-19-47-18-17-46-16-15-45-14-13-44-12-11-43-10-9-42-8-7-38-36(40)5-6-37(38)41/h1-6,33H,7-32H2. The highest BCUT2D eigenvalue weighted by atomic mass is 16.6. The summed E-state index contributed by atoms with van der Waals surface area (Å²) in [5, 5.41) is 0. The Kier molecular flexibility index (Phi) is 31.3. The van der Waals surface area contributed by atoms with E-state index in [0.29, 0.717) is 170 Å². The maximum Gasteiger partial charge on any atom is 0.253 e. The summed E-state index contributed by atoms with van der Waals surface area (Å²) < 4.78 is 71.0. The van der Waals surface area contributed by atoms with Gasteiger partial charge in [-0.3, -0.25) is 19.3 Å². The summed E-state index contributed by atoms with van der Waals surface area (Å²) in [6, 6.07) is 6.92. The molecule has 1 heterocycles. The van der Waals surface area contributed by atoms with Gasteiger partial charge in [-0.15, -0.1) is 0 Å². The van der Waals surface area contributed by atoms with Gasteiger partial charge in [0.2, 0.25) is 0 Å². The van der Waals surface area contributed by atoms with Gasteiger partial charge < -0.3 is 61.6 Å². The number of carbonyl (C=O) groups excluding carboxylic acids is 3. The van der Waals surface area contributed by atoms with Crippen LogP contribution in [0.3, 0.4) is 0 Å². The van der Waals surface area contributed by atoms with Crippen LogP contribution in [-0.4, -0.2) is 195 Å². The van der Waals surface area contributed by atoms with E-state index in [0.717, 1.165) is 11.2 Å². The third-order valence-electron chi connectivity index (χ3n) is 6.96. The number of hydrogen-bond acceptors (Lipinski definition) is 16. The number of benzene rings is 1. The highest BCUT2D eigenvalue weighted by Gasteiger charge is 2.22. The third kappa shape index (κ3) is 27.6. The van der Waals surface area contributed by atoms with Gasteiger partial charge in [-0.25, -0.2) is 0 Å². The first-order valence-corrected chi connectivity index (χ1v) is 18.3. The molecule has 0 saturated carbocycles. The fourth-order valence-electron chi connectivity index (χ4n) is 4.19. The second-order valence-electron chi connectivity index (χ2n) is 11.0. The Morgan fingerprint density at radius 3 is 0.907 bits per heavy atom. The normalized spacial score (nSPS) is 12.7. The third-order valence-corrected chi connectivity index (χ3v) is 6.96. The van der Waals surface area contributed by atoms with Crippen LogP contribution in [0, 0.1) is 0 Å². The Morgan fingerprint density at radius 1 is 0.370 bits per heavy atom. The van der Waals surface area contributed by atoms with Crippen LogP contribution >= 0.6 is 0 Å².